The van der Waals surface area contributed by atoms with E-state index in [0.717, 1.165) is 0 Å². The second kappa shape index (κ2) is 12.9. The number of amides is 2. The van der Waals surface area contributed by atoms with Gasteiger partial charge >= 0.3 is 18.3 Å². The van der Waals surface area contributed by atoms with Crippen molar-refractivity contribution >= 4 is 49.6 Å². The van der Waals surface area contributed by atoms with Crippen LogP contribution in [0.25, 0.3) is 11.2 Å². The molecule has 0 aliphatic rings. The number of imide groups is 1. The van der Waals surface area contributed by atoms with Gasteiger partial charge in [0.2, 0.25) is 11.7 Å². The largest absolute Gasteiger partial charge is 0.515 e. The third-order valence-electron chi connectivity index (χ3n) is 6.18. The molecule has 1 atom stereocenters. The van der Waals surface area contributed by atoms with E-state index in [1.165, 1.54) is 6.20 Å². The van der Waals surface area contributed by atoms with E-state index < -0.39 is 67.2 Å². The molecule has 2 aromatic rings. The van der Waals surface area contributed by atoms with Gasteiger partial charge in [-0.3, -0.25) is 4.79 Å². The molecule has 0 aliphatic carbocycles. The van der Waals surface area contributed by atoms with Crippen molar-refractivity contribution in [3.8, 4) is 5.88 Å². The highest BCUT2D eigenvalue weighted by atomic mass is 28.4. The Kier molecular flexibility index (Phi) is 10.8. The van der Waals surface area contributed by atoms with Crippen molar-refractivity contribution in [1.82, 2.24) is 19.9 Å². The standard InChI is InChI=1S/C30H47N5O9Si/c1-17(44-45(14,15)30(11,12)13)20(36)18-16-31-21-19(32-18)22(40-26(39)43-29(8,9)10)34-23(33-21)35(24(37)41-27(2,3)4)25(38)42-28(5,6)7/h16-17H,1-15H3/t17-/m0/s1. The highest BCUT2D eigenvalue weighted by Crippen LogP contribution is 2.37. The van der Waals surface area contributed by atoms with E-state index in [9.17, 15) is 19.2 Å². The van der Waals surface area contributed by atoms with Crippen molar-refractivity contribution in [3.63, 3.8) is 0 Å². The first-order chi connectivity index (χ1) is 20.1. The lowest BCUT2D eigenvalue weighted by molar-refractivity contribution is 0.0200. The van der Waals surface area contributed by atoms with E-state index in [4.69, 9.17) is 23.4 Å². The number of Topliss-reactive ketones (excluding diaryl/α,β-unsaturated/α-hetero) is 1. The van der Waals surface area contributed by atoms with Gasteiger partial charge in [-0.1, -0.05) is 20.8 Å². The molecule has 0 aromatic carbocycles. The summed E-state index contributed by atoms with van der Waals surface area (Å²) >= 11 is 0. The first-order valence-electron chi connectivity index (χ1n) is 14.5. The molecule has 15 heteroatoms. The van der Waals surface area contributed by atoms with E-state index in [1.54, 1.807) is 69.2 Å². The molecular formula is C30H47N5O9Si. The topological polar surface area (TPSA) is 169 Å². The zero-order valence-electron chi connectivity index (χ0n) is 29.1. The second-order valence-corrected chi connectivity index (χ2v) is 19.8. The number of rotatable bonds is 6. The smallest absolute Gasteiger partial charge is 0.443 e. The van der Waals surface area contributed by atoms with Crippen LogP contribution in [0.3, 0.4) is 0 Å². The third kappa shape index (κ3) is 10.7. The number of aromatic nitrogens is 4. The fourth-order valence-corrected chi connectivity index (χ4v) is 4.59. The van der Waals surface area contributed by atoms with Gasteiger partial charge in [0.25, 0.3) is 5.88 Å². The van der Waals surface area contributed by atoms with Gasteiger partial charge in [-0.15, -0.1) is 4.90 Å². The van der Waals surface area contributed by atoms with Crippen LogP contribution in [0.15, 0.2) is 6.20 Å². The maximum Gasteiger partial charge on any atom is 0.515 e. The van der Waals surface area contributed by atoms with Crippen LogP contribution < -0.4 is 9.64 Å². The van der Waals surface area contributed by atoms with Crippen molar-refractivity contribution in [2.24, 2.45) is 0 Å². The van der Waals surface area contributed by atoms with E-state index in [2.05, 4.69) is 40.7 Å². The summed E-state index contributed by atoms with van der Waals surface area (Å²) in [6.07, 6.45) is -3.16. The minimum Gasteiger partial charge on any atom is -0.443 e. The summed E-state index contributed by atoms with van der Waals surface area (Å²) in [5, 5.41) is -0.149. The van der Waals surface area contributed by atoms with Crippen molar-refractivity contribution in [3.05, 3.63) is 11.9 Å². The molecule has 2 heterocycles. The third-order valence-corrected chi connectivity index (χ3v) is 10.7. The number of carbonyl (C=O) groups is 4. The van der Waals surface area contributed by atoms with Gasteiger partial charge in [0, 0.05) is 0 Å². The van der Waals surface area contributed by atoms with Gasteiger partial charge in [0.05, 0.1) is 6.20 Å². The summed E-state index contributed by atoms with van der Waals surface area (Å²) in [7, 11) is -2.32. The summed E-state index contributed by atoms with van der Waals surface area (Å²) in [6.45, 7) is 26.4. The average Bonchev–Trinajstić information content (AvgIpc) is 2.78. The Bertz CT molecular complexity index is 1420. The molecule has 0 fully saturated rings. The monoisotopic (exact) mass is 649 g/mol. The predicted octanol–water partition coefficient (Wildman–Crippen LogP) is 7.00. The minimum atomic E-state index is -2.32. The Hall–Kier alpha value is -3.72. The number of fused-ring (bicyclic) bond motifs is 1. The fourth-order valence-electron chi connectivity index (χ4n) is 3.24. The number of carbonyl (C=O) groups excluding carboxylic acids is 4. The van der Waals surface area contributed by atoms with Crippen LogP contribution >= 0.6 is 0 Å². The van der Waals surface area contributed by atoms with Crippen molar-refractivity contribution in [2.75, 3.05) is 4.90 Å². The lowest BCUT2D eigenvalue weighted by Gasteiger charge is -2.37. The van der Waals surface area contributed by atoms with E-state index >= 15 is 0 Å². The number of hydrogen-bond acceptors (Lipinski definition) is 13. The lowest BCUT2D eigenvalue weighted by atomic mass is 10.2. The van der Waals surface area contributed by atoms with Gasteiger partial charge in [0.15, 0.2) is 19.5 Å². The zero-order chi connectivity index (χ0) is 34.9. The highest BCUT2D eigenvalue weighted by molar-refractivity contribution is 6.74. The summed E-state index contributed by atoms with van der Waals surface area (Å²) in [6, 6.07) is 0. The van der Waals surface area contributed by atoms with Crippen LogP contribution in [-0.4, -0.2) is 75.3 Å². The molecule has 250 valence electrons. The molecule has 14 nitrogen and oxygen atoms in total. The number of nitrogens with zero attached hydrogens (tertiary/aromatic N) is 5. The van der Waals surface area contributed by atoms with Crippen LogP contribution in [-0.2, 0) is 18.6 Å². The Morgan fingerprint density at radius 2 is 1.24 bits per heavy atom. The summed E-state index contributed by atoms with van der Waals surface area (Å²) < 4.78 is 27.7. The van der Waals surface area contributed by atoms with E-state index in [-0.39, 0.29) is 21.9 Å². The molecule has 0 saturated carbocycles. The lowest BCUT2D eigenvalue weighted by Crippen LogP contribution is -2.45. The summed E-state index contributed by atoms with van der Waals surface area (Å²) in [5.41, 5.74) is -3.47. The fraction of sp³-hybridized carbons (Fsp3) is 0.667. The summed E-state index contributed by atoms with van der Waals surface area (Å²) in [4.78, 5) is 70.1. The van der Waals surface area contributed by atoms with Gasteiger partial charge in [-0.2, -0.15) is 9.97 Å². The highest BCUT2D eigenvalue weighted by Gasteiger charge is 2.40. The number of anilines is 1. The number of ketones is 1. The van der Waals surface area contributed by atoms with E-state index in [1.807, 2.05) is 13.1 Å². The van der Waals surface area contributed by atoms with Crippen LogP contribution in [0.2, 0.25) is 18.1 Å². The van der Waals surface area contributed by atoms with Gasteiger partial charge in [-0.25, -0.2) is 24.4 Å². The van der Waals surface area contributed by atoms with Gasteiger partial charge < -0.3 is 23.4 Å². The zero-order valence-corrected chi connectivity index (χ0v) is 30.1. The molecule has 2 aromatic heterocycles. The van der Waals surface area contributed by atoms with Gasteiger partial charge in [-0.05, 0) is 87.4 Å². The van der Waals surface area contributed by atoms with Crippen LogP contribution in [0, 0.1) is 0 Å². The number of ether oxygens (including phenoxy) is 4. The maximum atomic E-state index is 13.4. The number of hydrogen-bond donors (Lipinski definition) is 0. The second-order valence-electron chi connectivity index (χ2n) is 15.0. The Morgan fingerprint density at radius 3 is 1.69 bits per heavy atom. The molecule has 0 spiro atoms. The molecule has 2 amide bonds. The van der Waals surface area contributed by atoms with Crippen LogP contribution in [0.1, 0.15) is 100 Å². The molecule has 0 radical (unpaired) electrons. The maximum absolute atomic E-state index is 13.4. The Morgan fingerprint density at radius 1 is 0.756 bits per heavy atom. The van der Waals surface area contributed by atoms with Crippen LogP contribution in [0.4, 0.5) is 20.3 Å². The van der Waals surface area contributed by atoms with Crippen molar-refractivity contribution < 1.29 is 42.6 Å². The molecular weight excluding hydrogens is 602 g/mol. The normalized spacial score (nSPS) is 13.6. The van der Waals surface area contributed by atoms with Crippen molar-refractivity contribution in [1.29, 1.82) is 0 Å². The molecule has 0 unspecified atom stereocenters. The Labute approximate surface area is 265 Å². The molecule has 0 aliphatic heterocycles. The summed E-state index contributed by atoms with van der Waals surface area (Å²) in [5.74, 6) is -1.57. The molecule has 0 N–H and O–H groups in total. The average molecular weight is 650 g/mol. The molecule has 2 rings (SSSR count). The Balaban J connectivity index is 2.74. The quantitative estimate of drug-likeness (QED) is 0.136. The SMILES string of the molecule is C[C@H](O[Si](C)(C)C(C)(C)C)C(=O)c1cnc2nc(N(C(=O)OC(C)(C)C)C(=O)OC(C)(C)C)nc(OC(=O)OC(C)(C)C)c2n1. The molecule has 0 saturated heterocycles. The van der Waals surface area contributed by atoms with Gasteiger partial charge in [0.1, 0.15) is 28.6 Å². The van der Waals surface area contributed by atoms with Crippen molar-refractivity contribution in [2.45, 2.75) is 131 Å². The molecule has 45 heavy (non-hydrogen) atoms. The molecule has 0 bridgehead atoms. The first kappa shape index (κ1) is 37.5. The minimum absolute atomic E-state index is 0.102. The first-order valence-corrected chi connectivity index (χ1v) is 17.4. The predicted molar refractivity (Wildman–Crippen MR) is 169 cm³/mol. The van der Waals surface area contributed by atoms with Crippen LogP contribution in [0.5, 0.6) is 5.88 Å². The van der Waals surface area contributed by atoms with E-state index in [0.29, 0.717) is 4.90 Å².